The van der Waals surface area contributed by atoms with Crippen LogP contribution in [0.25, 0.3) is 0 Å². The van der Waals surface area contributed by atoms with Crippen molar-refractivity contribution in [2.75, 3.05) is 5.32 Å². The van der Waals surface area contributed by atoms with Gasteiger partial charge in [0.05, 0.1) is 0 Å². The molecule has 1 nitrogen and oxygen atoms in total. The van der Waals surface area contributed by atoms with E-state index in [4.69, 9.17) is 0 Å². The zero-order chi connectivity index (χ0) is 14.0. The van der Waals surface area contributed by atoms with Gasteiger partial charge in [0.25, 0.3) is 0 Å². The second-order valence-corrected chi connectivity index (χ2v) is 5.59. The minimum absolute atomic E-state index is 0.320. The van der Waals surface area contributed by atoms with Gasteiger partial charge in [-0.15, -0.1) is 0 Å². The summed E-state index contributed by atoms with van der Waals surface area (Å²) in [6.07, 6.45) is 0. The van der Waals surface area contributed by atoms with Gasteiger partial charge in [-0.3, -0.25) is 0 Å². The predicted molar refractivity (Wildman–Crippen MR) is 83.9 cm³/mol. The molecule has 0 amide bonds. The Morgan fingerprint density at radius 2 is 1.42 bits per heavy atom. The van der Waals surface area contributed by atoms with E-state index in [2.05, 4.69) is 76.3 Å². The molecule has 1 heteroatoms. The van der Waals surface area contributed by atoms with E-state index in [9.17, 15) is 0 Å². The maximum Gasteiger partial charge on any atom is 0.0485 e. The highest BCUT2D eigenvalue weighted by Gasteiger charge is 2.07. The van der Waals surface area contributed by atoms with Crippen LogP contribution in [0.1, 0.15) is 40.8 Å². The number of anilines is 1. The van der Waals surface area contributed by atoms with Gasteiger partial charge in [-0.05, 0) is 63.4 Å². The number of hydrogen-bond acceptors (Lipinski definition) is 1. The second-order valence-electron chi connectivity index (χ2n) is 5.59. The number of benzene rings is 2. The lowest BCUT2D eigenvalue weighted by molar-refractivity contribution is 0.880. The minimum Gasteiger partial charge on any atom is -0.379 e. The fraction of sp³-hybridized carbons (Fsp3) is 0.333. The van der Waals surface area contributed by atoms with Crippen LogP contribution in [0.3, 0.4) is 0 Å². The van der Waals surface area contributed by atoms with Crippen LogP contribution in [0, 0.1) is 27.7 Å². The molecule has 0 aliphatic heterocycles. The molecule has 0 saturated carbocycles. The van der Waals surface area contributed by atoms with Crippen LogP contribution in [-0.4, -0.2) is 0 Å². The van der Waals surface area contributed by atoms with Gasteiger partial charge in [0.15, 0.2) is 0 Å². The van der Waals surface area contributed by atoms with Crippen molar-refractivity contribution >= 4 is 5.69 Å². The molecule has 2 aromatic carbocycles. The number of hydrogen-bond donors (Lipinski definition) is 1. The van der Waals surface area contributed by atoms with E-state index in [1.165, 1.54) is 33.5 Å². The molecule has 0 radical (unpaired) electrons. The largest absolute Gasteiger partial charge is 0.379 e. The number of nitrogens with one attached hydrogen (secondary N) is 1. The predicted octanol–water partition coefficient (Wildman–Crippen LogP) is 5.09. The lowest BCUT2D eigenvalue weighted by Crippen LogP contribution is -2.07. The van der Waals surface area contributed by atoms with Crippen molar-refractivity contribution in [3.63, 3.8) is 0 Å². The smallest absolute Gasteiger partial charge is 0.0485 e. The first kappa shape index (κ1) is 13.7. The third kappa shape index (κ3) is 3.37. The molecule has 19 heavy (non-hydrogen) atoms. The molecule has 0 aliphatic carbocycles. The van der Waals surface area contributed by atoms with Crippen molar-refractivity contribution in [3.8, 4) is 0 Å². The summed E-state index contributed by atoms with van der Waals surface area (Å²) in [6, 6.07) is 13.6. The molecule has 0 saturated heterocycles. The highest BCUT2D eigenvalue weighted by atomic mass is 14.9. The quantitative estimate of drug-likeness (QED) is 0.803. The summed E-state index contributed by atoms with van der Waals surface area (Å²) in [5.74, 6) is 0. The highest BCUT2D eigenvalue weighted by molar-refractivity contribution is 5.50. The van der Waals surface area contributed by atoms with Crippen molar-refractivity contribution < 1.29 is 0 Å². The van der Waals surface area contributed by atoms with Crippen LogP contribution in [0.5, 0.6) is 0 Å². The fourth-order valence-corrected chi connectivity index (χ4v) is 2.42. The summed E-state index contributed by atoms with van der Waals surface area (Å²) >= 11 is 0. The van der Waals surface area contributed by atoms with E-state index in [-0.39, 0.29) is 0 Å². The van der Waals surface area contributed by atoms with Crippen LogP contribution in [0.15, 0.2) is 36.4 Å². The van der Waals surface area contributed by atoms with E-state index in [0.717, 1.165) is 0 Å². The Bertz CT molecular complexity index is 564. The average Bonchev–Trinajstić information content (AvgIpc) is 2.32. The normalized spacial score (nSPS) is 12.3. The summed E-state index contributed by atoms with van der Waals surface area (Å²) in [7, 11) is 0. The van der Waals surface area contributed by atoms with Crippen LogP contribution < -0.4 is 5.32 Å². The van der Waals surface area contributed by atoms with Crippen molar-refractivity contribution in [3.05, 3.63) is 64.2 Å². The first-order valence-electron chi connectivity index (χ1n) is 6.87. The maximum atomic E-state index is 3.58. The van der Waals surface area contributed by atoms with E-state index in [1.54, 1.807) is 0 Å². The van der Waals surface area contributed by atoms with Gasteiger partial charge in [0.2, 0.25) is 0 Å². The SMILES string of the molecule is Cc1cc(C)cc(C(C)Nc2ccc(C)c(C)c2)c1. The van der Waals surface area contributed by atoms with Gasteiger partial charge in [0, 0.05) is 11.7 Å². The molecular formula is C18H23N. The number of rotatable bonds is 3. The van der Waals surface area contributed by atoms with Crippen LogP contribution >= 0.6 is 0 Å². The summed E-state index contributed by atoms with van der Waals surface area (Å²) in [6.45, 7) is 10.8. The molecule has 0 fully saturated rings. The van der Waals surface area contributed by atoms with E-state index >= 15 is 0 Å². The topological polar surface area (TPSA) is 12.0 Å². The summed E-state index contributed by atoms with van der Waals surface area (Å²) in [5, 5.41) is 3.58. The Hall–Kier alpha value is -1.76. The van der Waals surface area contributed by atoms with Gasteiger partial charge in [-0.25, -0.2) is 0 Å². The summed E-state index contributed by atoms with van der Waals surface area (Å²) < 4.78 is 0. The summed E-state index contributed by atoms with van der Waals surface area (Å²) in [4.78, 5) is 0. The lowest BCUT2D eigenvalue weighted by atomic mass is 10.0. The Kier molecular flexibility index (Phi) is 3.94. The van der Waals surface area contributed by atoms with Crippen LogP contribution in [0.2, 0.25) is 0 Å². The standard InChI is InChI=1S/C18H23N/c1-12-8-13(2)10-17(9-12)16(5)19-18-7-6-14(3)15(4)11-18/h6-11,16,19H,1-5H3. The maximum absolute atomic E-state index is 3.58. The molecule has 0 bridgehead atoms. The van der Waals surface area contributed by atoms with E-state index in [1.807, 2.05) is 0 Å². The monoisotopic (exact) mass is 253 g/mol. The Balaban J connectivity index is 2.20. The third-order valence-corrected chi connectivity index (χ3v) is 3.63. The van der Waals surface area contributed by atoms with Gasteiger partial charge in [-0.2, -0.15) is 0 Å². The first-order valence-corrected chi connectivity index (χ1v) is 6.87. The van der Waals surface area contributed by atoms with Crippen molar-refractivity contribution in [2.45, 2.75) is 40.7 Å². The zero-order valence-corrected chi connectivity index (χ0v) is 12.5. The molecular weight excluding hydrogens is 230 g/mol. The molecule has 2 rings (SSSR count). The molecule has 1 N–H and O–H groups in total. The fourth-order valence-electron chi connectivity index (χ4n) is 2.42. The molecule has 2 aromatic rings. The van der Waals surface area contributed by atoms with Gasteiger partial charge < -0.3 is 5.32 Å². The summed E-state index contributed by atoms with van der Waals surface area (Å²) in [5.41, 5.74) is 7.85. The number of aryl methyl sites for hydroxylation is 4. The minimum atomic E-state index is 0.320. The van der Waals surface area contributed by atoms with Crippen LogP contribution in [-0.2, 0) is 0 Å². The molecule has 0 aliphatic rings. The Morgan fingerprint density at radius 1 is 0.789 bits per heavy atom. The zero-order valence-electron chi connectivity index (χ0n) is 12.5. The lowest BCUT2D eigenvalue weighted by Gasteiger charge is -2.18. The van der Waals surface area contributed by atoms with E-state index < -0.39 is 0 Å². The van der Waals surface area contributed by atoms with Gasteiger partial charge in [0.1, 0.15) is 0 Å². The Morgan fingerprint density at radius 3 is 2.00 bits per heavy atom. The molecule has 100 valence electrons. The van der Waals surface area contributed by atoms with Gasteiger partial charge >= 0.3 is 0 Å². The van der Waals surface area contributed by atoms with Crippen molar-refractivity contribution in [2.24, 2.45) is 0 Å². The Labute approximate surface area is 116 Å². The van der Waals surface area contributed by atoms with Crippen LogP contribution in [0.4, 0.5) is 5.69 Å². The molecule has 0 heterocycles. The van der Waals surface area contributed by atoms with Crippen molar-refractivity contribution in [1.82, 2.24) is 0 Å². The average molecular weight is 253 g/mol. The second kappa shape index (κ2) is 5.48. The molecule has 0 spiro atoms. The third-order valence-electron chi connectivity index (χ3n) is 3.63. The van der Waals surface area contributed by atoms with Crippen molar-refractivity contribution in [1.29, 1.82) is 0 Å². The van der Waals surface area contributed by atoms with E-state index in [0.29, 0.717) is 6.04 Å². The first-order chi connectivity index (χ1) is 8.95. The van der Waals surface area contributed by atoms with Gasteiger partial charge in [-0.1, -0.05) is 35.4 Å². The molecule has 1 atom stereocenters. The molecule has 0 aromatic heterocycles. The molecule has 1 unspecified atom stereocenters. The highest BCUT2D eigenvalue weighted by Crippen LogP contribution is 2.22.